The number of nitrogens with one attached hydrogen (secondary N) is 2. The van der Waals surface area contributed by atoms with Crippen molar-refractivity contribution in [3.8, 4) is 0 Å². The Morgan fingerprint density at radius 1 is 1.00 bits per heavy atom. The third-order valence-electron chi connectivity index (χ3n) is 3.80. The van der Waals surface area contributed by atoms with Gasteiger partial charge >= 0.3 is 0 Å². The van der Waals surface area contributed by atoms with Crippen LogP contribution in [0.5, 0.6) is 0 Å². The SMILES string of the molecule is CC(=O)N[C@@H](CC(=O)Nc1cccc(C(C)=O)c1)c1ccc(C)cc1. The lowest BCUT2D eigenvalue weighted by molar-refractivity contribution is -0.120. The molecule has 25 heavy (non-hydrogen) atoms. The van der Waals surface area contributed by atoms with Crippen LogP contribution in [-0.4, -0.2) is 17.6 Å². The van der Waals surface area contributed by atoms with Crippen LogP contribution in [-0.2, 0) is 9.59 Å². The van der Waals surface area contributed by atoms with Crippen LogP contribution in [0.2, 0.25) is 0 Å². The summed E-state index contributed by atoms with van der Waals surface area (Å²) in [6.45, 7) is 4.88. The number of anilines is 1. The maximum absolute atomic E-state index is 12.4. The molecule has 0 heterocycles. The molecule has 0 saturated heterocycles. The number of benzene rings is 2. The second-order valence-electron chi connectivity index (χ2n) is 6.05. The zero-order valence-corrected chi connectivity index (χ0v) is 14.6. The van der Waals surface area contributed by atoms with Crippen LogP contribution >= 0.6 is 0 Å². The number of aryl methyl sites for hydroxylation is 1. The zero-order chi connectivity index (χ0) is 18.4. The summed E-state index contributed by atoms with van der Waals surface area (Å²) in [4.78, 5) is 35.3. The van der Waals surface area contributed by atoms with Gasteiger partial charge in [-0.15, -0.1) is 0 Å². The number of ketones is 1. The molecular formula is C20H22N2O3. The molecule has 0 spiro atoms. The van der Waals surface area contributed by atoms with E-state index in [2.05, 4.69) is 10.6 Å². The molecular weight excluding hydrogens is 316 g/mol. The topological polar surface area (TPSA) is 75.3 Å². The van der Waals surface area contributed by atoms with E-state index >= 15 is 0 Å². The highest BCUT2D eigenvalue weighted by atomic mass is 16.2. The molecule has 0 bridgehead atoms. The van der Waals surface area contributed by atoms with E-state index in [4.69, 9.17) is 0 Å². The predicted octanol–water partition coefficient (Wildman–Crippen LogP) is 3.40. The maximum Gasteiger partial charge on any atom is 0.226 e. The van der Waals surface area contributed by atoms with Crippen molar-refractivity contribution in [3.05, 3.63) is 65.2 Å². The number of hydrogen-bond acceptors (Lipinski definition) is 3. The van der Waals surface area contributed by atoms with E-state index in [1.54, 1.807) is 24.3 Å². The van der Waals surface area contributed by atoms with Gasteiger partial charge in [-0.05, 0) is 31.5 Å². The molecule has 0 aromatic heterocycles. The Morgan fingerprint density at radius 3 is 2.28 bits per heavy atom. The molecule has 0 radical (unpaired) electrons. The summed E-state index contributed by atoms with van der Waals surface area (Å²) in [5.74, 6) is -0.496. The number of carbonyl (C=O) groups is 3. The Hall–Kier alpha value is -2.95. The predicted molar refractivity (Wildman–Crippen MR) is 97.4 cm³/mol. The lowest BCUT2D eigenvalue weighted by Crippen LogP contribution is -2.29. The Morgan fingerprint density at radius 2 is 1.68 bits per heavy atom. The van der Waals surface area contributed by atoms with Crippen molar-refractivity contribution in [2.45, 2.75) is 33.2 Å². The maximum atomic E-state index is 12.4. The molecule has 0 unspecified atom stereocenters. The van der Waals surface area contributed by atoms with Gasteiger partial charge < -0.3 is 10.6 Å². The minimum Gasteiger partial charge on any atom is -0.349 e. The zero-order valence-electron chi connectivity index (χ0n) is 14.6. The fourth-order valence-electron chi connectivity index (χ4n) is 2.51. The van der Waals surface area contributed by atoms with Crippen molar-refractivity contribution in [2.75, 3.05) is 5.32 Å². The van der Waals surface area contributed by atoms with Crippen molar-refractivity contribution in [1.29, 1.82) is 0 Å². The second kappa shape index (κ2) is 8.24. The highest BCUT2D eigenvalue weighted by Gasteiger charge is 2.17. The van der Waals surface area contributed by atoms with Crippen LogP contribution in [0.25, 0.3) is 0 Å². The molecule has 0 aliphatic heterocycles. The highest BCUT2D eigenvalue weighted by molar-refractivity contribution is 5.97. The van der Waals surface area contributed by atoms with Gasteiger partial charge in [0.25, 0.3) is 0 Å². The molecule has 130 valence electrons. The Labute approximate surface area is 147 Å². The van der Waals surface area contributed by atoms with Crippen LogP contribution in [0.15, 0.2) is 48.5 Å². The number of amides is 2. The minimum absolute atomic E-state index is 0.0631. The van der Waals surface area contributed by atoms with E-state index in [1.165, 1.54) is 13.8 Å². The Bertz CT molecular complexity index is 782. The molecule has 0 saturated carbocycles. The Balaban J connectivity index is 2.11. The molecule has 5 heteroatoms. The lowest BCUT2D eigenvalue weighted by atomic mass is 10.0. The van der Waals surface area contributed by atoms with Gasteiger partial charge in [-0.1, -0.05) is 42.0 Å². The van der Waals surface area contributed by atoms with E-state index in [9.17, 15) is 14.4 Å². The van der Waals surface area contributed by atoms with Gasteiger partial charge in [0.15, 0.2) is 5.78 Å². The summed E-state index contributed by atoms with van der Waals surface area (Å²) in [6, 6.07) is 14.1. The van der Waals surface area contributed by atoms with Gasteiger partial charge in [0.2, 0.25) is 11.8 Å². The number of carbonyl (C=O) groups excluding carboxylic acids is 3. The molecule has 2 rings (SSSR count). The largest absolute Gasteiger partial charge is 0.349 e. The number of hydrogen-bond donors (Lipinski definition) is 2. The molecule has 0 aliphatic carbocycles. The average Bonchev–Trinajstić information content (AvgIpc) is 2.54. The first kappa shape index (κ1) is 18.4. The third-order valence-corrected chi connectivity index (χ3v) is 3.80. The molecule has 0 fully saturated rings. The van der Waals surface area contributed by atoms with Crippen LogP contribution in [0.1, 0.15) is 47.8 Å². The molecule has 5 nitrogen and oxygen atoms in total. The van der Waals surface area contributed by atoms with Crippen LogP contribution in [0, 0.1) is 6.92 Å². The fraction of sp³-hybridized carbons (Fsp3) is 0.250. The molecule has 2 aromatic rings. The molecule has 0 aliphatic rings. The smallest absolute Gasteiger partial charge is 0.226 e. The van der Waals surface area contributed by atoms with Crippen molar-refractivity contribution in [3.63, 3.8) is 0 Å². The molecule has 2 aromatic carbocycles. The van der Waals surface area contributed by atoms with E-state index in [-0.39, 0.29) is 24.0 Å². The van der Waals surface area contributed by atoms with E-state index in [1.807, 2.05) is 31.2 Å². The Kier molecular flexibility index (Phi) is 6.06. The molecule has 1 atom stereocenters. The van der Waals surface area contributed by atoms with Crippen molar-refractivity contribution in [2.24, 2.45) is 0 Å². The molecule has 2 N–H and O–H groups in total. The number of Topliss-reactive ketones (excluding diaryl/α,β-unsaturated/α-hetero) is 1. The normalized spacial score (nSPS) is 11.5. The van der Waals surface area contributed by atoms with Crippen molar-refractivity contribution >= 4 is 23.3 Å². The summed E-state index contributed by atoms with van der Waals surface area (Å²) in [7, 11) is 0. The van der Waals surface area contributed by atoms with E-state index in [0.29, 0.717) is 11.3 Å². The summed E-state index contributed by atoms with van der Waals surface area (Å²) in [5.41, 5.74) is 3.07. The summed E-state index contributed by atoms with van der Waals surface area (Å²) < 4.78 is 0. The first-order chi connectivity index (χ1) is 11.8. The quantitative estimate of drug-likeness (QED) is 0.793. The highest BCUT2D eigenvalue weighted by Crippen LogP contribution is 2.19. The van der Waals surface area contributed by atoms with Gasteiger partial charge in [0.05, 0.1) is 12.5 Å². The third kappa shape index (κ3) is 5.57. The van der Waals surface area contributed by atoms with Gasteiger partial charge in [-0.25, -0.2) is 0 Å². The van der Waals surface area contributed by atoms with Crippen LogP contribution < -0.4 is 10.6 Å². The van der Waals surface area contributed by atoms with Crippen LogP contribution in [0.4, 0.5) is 5.69 Å². The number of rotatable bonds is 6. The van der Waals surface area contributed by atoms with E-state index < -0.39 is 6.04 Å². The summed E-state index contributed by atoms with van der Waals surface area (Å²) in [6.07, 6.45) is 0.104. The van der Waals surface area contributed by atoms with Gasteiger partial charge in [-0.2, -0.15) is 0 Å². The van der Waals surface area contributed by atoms with Gasteiger partial charge in [0.1, 0.15) is 0 Å². The average molecular weight is 338 g/mol. The first-order valence-corrected chi connectivity index (χ1v) is 8.09. The first-order valence-electron chi connectivity index (χ1n) is 8.09. The van der Waals surface area contributed by atoms with Crippen LogP contribution in [0.3, 0.4) is 0 Å². The van der Waals surface area contributed by atoms with Gasteiger partial charge in [-0.3, -0.25) is 14.4 Å². The minimum atomic E-state index is -0.408. The monoisotopic (exact) mass is 338 g/mol. The fourth-order valence-corrected chi connectivity index (χ4v) is 2.51. The lowest BCUT2D eigenvalue weighted by Gasteiger charge is -2.18. The standard InChI is InChI=1S/C20H22N2O3/c1-13-7-9-16(10-8-13)19(21-15(3)24)12-20(25)22-18-6-4-5-17(11-18)14(2)23/h4-11,19H,12H2,1-3H3,(H,21,24)(H,22,25)/t19-/m0/s1. The van der Waals surface area contributed by atoms with Crippen molar-refractivity contribution in [1.82, 2.24) is 5.32 Å². The van der Waals surface area contributed by atoms with E-state index in [0.717, 1.165) is 11.1 Å². The molecule has 2 amide bonds. The van der Waals surface area contributed by atoms with Crippen molar-refractivity contribution < 1.29 is 14.4 Å². The van der Waals surface area contributed by atoms with Gasteiger partial charge in [0, 0.05) is 18.2 Å². The summed E-state index contributed by atoms with van der Waals surface area (Å²) in [5, 5.41) is 5.59. The summed E-state index contributed by atoms with van der Waals surface area (Å²) >= 11 is 0. The second-order valence-corrected chi connectivity index (χ2v) is 6.05.